The Hall–Kier alpha value is -0.860. The van der Waals surface area contributed by atoms with Gasteiger partial charge in [-0.15, -0.1) is 0 Å². The number of fused-ring (bicyclic) bond motifs is 1. The number of halogens is 1. The lowest BCUT2D eigenvalue weighted by Crippen LogP contribution is -2.48. The lowest BCUT2D eigenvalue weighted by atomic mass is 10.1. The number of nitrogens with zero attached hydrogens (tertiary/aromatic N) is 1. The van der Waals surface area contributed by atoms with Gasteiger partial charge < -0.3 is 19.9 Å². The lowest BCUT2D eigenvalue weighted by Gasteiger charge is -2.31. The molecule has 1 unspecified atom stereocenters. The molecule has 6 nitrogen and oxygen atoms in total. The monoisotopic (exact) mass is 343 g/mol. The van der Waals surface area contributed by atoms with Crippen molar-refractivity contribution in [2.45, 2.75) is 6.04 Å². The third kappa shape index (κ3) is 2.91. The second-order valence-corrected chi connectivity index (χ2v) is 5.61. The molecule has 1 saturated heterocycles. The number of nitrogens with two attached hydrogens (primary N) is 1. The van der Waals surface area contributed by atoms with Crippen LogP contribution in [0.2, 0.25) is 0 Å². The molecule has 1 aromatic carbocycles. The summed E-state index contributed by atoms with van der Waals surface area (Å²) in [5.41, 5.74) is 10.4. The molecule has 1 atom stereocenters. The summed E-state index contributed by atoms with van der Waals surface area (Å²) in [4.78, 5) is 0. The standard InChI is InChI=1S/C13H18BrN3O3/c14-10-5-9(6-12-13(10)20-8-19-12)11(7-15)16-17-1-3-18-4-2-17/h5-6,11,16H,1-4,7-8,15H2. The van der Waals surface area contributed by atoms with E-state index in [0.717, 1.165) is 47.8 Å². The average molecular weight is 344 g/mol. The molecular weight excluding hydrogens is 326 g/mol. The second-order valence-electron chi connectivity index (χ2n) is 4.75. The molecule has 3 N–H and O–H groups in total. The zero-order chi connectivity index (χ0) is 13.9. The summed E-state index contributed by atoms with van der Waals surface area (Å²) in [6.07, 6.45) is 0. The van der Waals surface area contributed by atoms with Crippen molar-refractivity contribution in [1.82, 2.24) is 10.4 Å². The zero-order valence-corrected chi connectivity index (χ0v) is 12.7. The van der Waals surface area contributed by atoms with E-state index in [1.54, 1.807) is 0 Å². The number of hydrogen-bond donors (Lipinski definition) is 2. The van der Waals surface area contributed by atoms with Gasteiger partial charge in [-0.1, -0.05) is 0 Å². The molecule has 2 aliphatic heterocycles. The normalized spacial score (nSPS) is 20.1. The Kier molecular flexibility index (Phi) is 4.42. The quantitative estimate of drug-likeness (QED) is 0.850. The van der Waals surface area contributed by atoms with Crippen LogP contribution in [-0.2, 0) is 4.74 Å². The summed E-state index contributed by atoms with van der Waals surface area (Å²) >= 11 is 3.51. The van der Waals surface area contributed by atoms with Crippen LogP contribution in [0.25, 0.3) is 0 Å². The molecule has 0 amide bonds. The van der Waals surface area contributed by atoms with Gasteiger partial charge in [-0.25, -0.2) is 10.4 Å². The Morgan fingerprint density at radius 1 is 1.30 bits per heavy atom. The fourth-order valence-electron chi connectivity index (χ4n) is 2.36. The summed E-state index contributed by atoms with van der Waals surface area (Å²) in [7, 11) is 0. The molecule has 20 heavy (non-hydrogen) atoms. The Morgan fingerprint density at radius 3 is 2.85 bits per heavy atom. The second kappa shape index (κ2) is 6.28. The van der Waals surface area contributed by atoms with Crippen molar-refractivity contribution in [3.63, 3.8) is 0 Å². The average Bonchev–Trinajstić information content (AvgIpc) is 2.95. The van der Waals surface area contributed by atoms with E-state index in [1.807, 2.05) is 12.1 Å². The topological polar surface area (TPSA) is 69.0 Å². The maximum atomic E-state index is 5.91. The largest absolute Gasteiger partial charge is 0.454 e. The van der Waals surface area contributed by atoms with E-state index in [-0.39, 0.29) is 12.8 Å². The molecule has 1 aromatic rings. The SMILES string of the molecule is NCC(NN1CCOCC1)c1cc(Br)c2c(c1)OCO2. The number of morpholine rings is 1. The summed E-state index contributed by atoms with van der Waals surface area (Å²) < 4.78 is 17.1. The fraction of sp³-hybridized carbons (Fsp3) is 0.538. The molecule has 0 saturated carbocycles. The van der Waals surface area contributed by atoms with Gasteiger partial charge in [0, 0.05) is 19.6 Å². The number of benzene rings is 1. The van der Waals surface area contributed by atoms with E-state index >= 15 is 0 Å². The lowest BCUT2D eigenvalue weighted by molar-refractivity contribution is 0.00403. The van der Waals surface area contributed by atoms with Crippen molar-refractivity contribution in [1.29, 1.82) is 0 Å². The smallest absolute Gasteiger partial charge is 0.231 e. The summed E-state index contributed by atoms with van der Waals surface area (Å²) in [6.45, 7) is 3.99. The van der Waals surface area contributed by atoms with Gasteiger partial charge in [0.2, 0.25) is 6.79 Å². The first-order valence-electron chi connectivity index (χ1n) is 6.66. The van der Waals surface area contributed by atoms with Crippen LogP contribution in [0.3, 0.4) is 0 Å². The first-order chi connectivity index (χ1) is 9.78. The summed E-state index contributed by atoms with van der Waals surface area (Å²) in [5, 5.41) is 2.15. The molecule has 7 heteroatoms. The molecule has 0 bridgehead atoms. The molecule has 0 radical (unpaired) electrons. The minimum atomic E-state index is 0.0406. The van der Waals surface area contributed by atoms with E-state index in [9.17, 15) is 0 Å². The molecule has 0 aromatic heterocycles. The predicted molar refractivity (Wildman–Crippen MR) is 77.6 cm³/mol. The molecule has 3 rings (SSSR count). The highest BCUT2D eigenvalue weighted by Crippen LogP contribution is 2.41. The molecule has 2 heterocycles. The highest BCUT2D eigenvalue weighted by Gasteiger charge is 2.22. The zero-order valence-electron chi connectivity index (χ0n) is 11.1. The maximum absolute atomic E-state index is 5.91. The Bertz CT molecular complexity index is 480. The minimum Gasteiger partial charge on any atom is -0.454 e. The van der Waals surface area contributed by atoms with Crippen LogP contribution >= 0.6 is 15.9 Å². The number of rotatable bonds is 4. The molecule has 1 fully saturated rings. The molecule has 110 valence electrons. The highest BCUT2D eigenvalue weighted by atomic mass is 79.9. The fourth-order valence-corrected chi connectivity index (χ4v) is 2.94. The van der Waals surface area contributed by atoms with Gasteiger partial charge in [0.25, 0.3) is 0 Å². The van der Waals surface area contributed by atoms with Crippen molar-refractivity contribution < 1.29 is 14.2 Å². The van der Waals surface area contributed by atoms with Crippen LogP contribution in [0.4, 0.5) is 0 Å². The molecule has 0 spiro atoms. The van der Waals surface area contributed by atoms with Crippen molar-refractivity contribution in [3.05, 3.63) is 22.2 Å². The maximum Gasteiger partial charge on any atom is 0.231 e. The third-order valence-corrected chi connectivity index (χ3v) is 4.03. The Balaban J connectivity index is 1.76. The van der Waals surface area contributed by atoms with E-state index < -0.39 is 0 Å². The van der Waals surface area contributed by atoms with Crippen LogP contribution < -0.4 is 20.6 Å². The summed E-state index contributed by atoms with van der Waals surface area (Å²) in [6, 6.07) is 4.05. The van der Waals surface area contributed by atoms with Crippen LogP contribution in [0.1, 0.15) is 11.6 Å². The van der Waals surface area contributed by atoms with E-state index in [2.05, 4.69) is 26.4 Å². The van der Waals surface area contributed by atoms with Crippen molar-refractivity contribution >= 4 is 15.9 Å². The van der Waals surface area contributed by atoms with Crippen molar-refractivity contribution in [3.8, 4) is 11.5 Å². The van der Waals surface area contributed by atoms with E-state index in [4.69, 9.17) is 19.9 Å². The minimum absolute atomic E-state index is 0.0406. The molecule has 2 aliphatic rings. The Morgan fingerprint density at radius 2 is 2.10 bits per heavy atom. The van der Waals surface area contributed by atoms with E-state index in [0.29, 0.717) is 6.54 Å². The van der Waals surface area contributed by atoms with Crippen molar-refractivity contribution in [2.24, 2.45) is 5.73 Å². The van der Waals surface area contributed by atoms with Gasteiger partial charge >= 0.3 is 0 Å². The number of nitrogens with one attached hydrogen (secondary N) is 1. The van der Waals surface area contributed by atoms with Gasteiger partial charge in [-0.2, -0.15) is 0 Å². The van der Waals surface area contributed by atoms with Gasteiger partial charge in [0.15, 0.2) is 11.5 Å². The van der Waals surface area contributed by atoms with Gasteiger partial charge in [0.1, 0.15) is 0 Å². The molecule has 0 aliphatic carbocycles. The number of ether oxygens (including phenoxy) is 3. The molecular formula is C13H18BrN3O3. The van der Waals surface area contributed by atoms with Crippen LogP contribution in [-0.4, -0.2) is 44.6 Å². The van der Waals surface area contributed by atoms with Gasteiger partial charge in [0.05, 0.1) is 23.7 Å². The Labute approximate surface area is 126 Å². The van der Waals surface area contributed by atoms with Gasteiger partial charge in [-0.05, 0) is 33.6 Å². The van der Waals surface area contributed by atoms with E-state index in [1.165, 1.54) is 0 Å². The number of hydrogen-bond acceptors (Lipinski definition) is 6. The van der Waals surface area contributed by atoms with Crippen LogP contribution in [0.5, 0.6) is 11.5 Å². The van der Waals surface area contributed by atoms with Crippen LogP contribution in [0.15, 0.2) is 16.6 Å². The summed E-state index contributed by atoms with van der Waals surface area (Å²) in [5.74, 6) is 1.52. The third-order valence-electron chi connectivity index (χ3n) is 3.44. The first-order valence-corrected chi connectivity index (χ1v) is 7.45. The van der Waals surface area contributed by atoms with Crippen molar-refractivity contribution in [2.75, 3.05) is 39.6 Å². The number of hydrazine groups is 1. The van der Waals surface area contributed by atoms with Crippen LogP contribution in [0, 0.1) is 0 Å². The highest BCUT2D eigenvalue weighted by molar-refractivity contribution is 9.10. The van der Waals surface area contributed by atoms with Gasteiger partial charge in [-0.3, -0.25) is 0 Å². The predicted octanol–water partition coefficient (Wildman–Crippen LogP) is 1.01. The first kappa shape index (κ1) is 14.1.